The highest BCUT2D eigenvalue weighted by molar-refractivity contribution is 7.16. The summed E-state index contributed by atoms with van der Waals surface area (Å²) in [7, 11) is 0. The fraction of sp³-hybridized carbons (Fsp3) is 0.590. The third-order valence-corrected chi connectivity index (χ3v) is 12.5. The van der Waals surface area contributed by atoms with Crippen LogP contribution in [0, 0.1) is 17.2 Å². The Hall–Kier alpha value is -5.12. The van der Waals surface area contributed by atoms with Gasteiger partial charge in [-0.2, -0.15) is 10.2 Å². The number of hydrogen-bond donors (Lipinski definition) is 3. The molecule has 3 aliphatic rings. The number of nitrogen functional groups attached to an aromatic ring is 1. The number of aliphatic hydroxyl groups is 1. The number of nitrogens with two attached hydrogens (primary N) is 1. The summed E-state index contributed by atoms with van der Waals surface area (Å²) < 4.78 is 17.3. The Morgan fingerprint density at radius 2 is 2.00 bits per heavy atom. The van der Waals surface area contributed by atoms with Gasteiger partial charge in [0.1, 0.15) is 28.7 Å². The van der Waals surface area contributed by atoms with Gasteiger partial charge in [0.25, 0.3) is 5.88 Å². The first-order valence-electron chi connectivity index (χ1n) is 19.7. The lowest BCUT2D eigenvalue weighted by molar-refractivity contribution is -0.149. The molecule has 18 heteroatoms. The van der Waals surface area contributed by atoms with Gasteiger partial charge in [-0.25, -0.2) is 14.8 Å². The van der Waals surface area contributed by atoms with Crippen LogP contribution in [-0.4, -0.2) is 115 Å². The highest BCUT2D eigenvalue weighted by Crippen LogP contribution is 2.48. The number of β-amino-alcohol motifs (C(OH)–C–C–N with tert-alkyl or cyclic N) is 1. The minimum Gasteiger partial charge on any atom is -0.480 e. The normalized spacial score (nSPS) is 23.3. The largest absolute Gasteiger partial charge is 0.480 e. The molecule has 0 radical (unpaired) electrons. The quantitative estimate of drug-likeness (QED) is 0.161. The lowest BCUT2D eigenvalue weighted by Gasteiger charge is -2.30. The monoisotopic (exact) mass is 802 g/mol. The number of ether oxygens (including phenoxy) is 1. The van der Waals surface area contributed by atoms with Crippen molar-refractivity contribution >= 4 is 34.2 Å². The number of thiophene rings is 1. The van der Waals surface area contributed by atoms with Crippen LogP contribution in [0.1, 0.15) is 99.8 Å². The number of unbranched alkanes of at least 4 members (excludes halogenated alkanes) is 1. The van der Waals surface area contributed by atoms with Crippen LogP contribution in [0.5, 0.6) is 5.88 Å². The van der Waals surface area contributed by atoms with E-state index in [1.165, 1.54) is 16.2 Å². The first-order valence-corrected chi connectivity index (χ1v) is 20.5. The summed E-state index contributed by atoms with van der Waals surface area (Å²) in [5.74, 6) is -0.482. The van der Waals surface area contributed by atoms with E-state index in [2.05, 4.69) is 38.1 Å². The van der Waals surface area contributed by atoms with E-state index in [4.69, 9.17) is 29.5 Å². The van der Waals surface area contributed by atoms with E-state index in [-0.39, 0.29) is 30.8 Å². The number of amides is 1. The highest BCUT2D eigenvalue weighted by Gasteiger charge is 2.44. The van der Waals surface area contributed by atoms with Gasteiger partial charge in [0, 0.05) is 54.8 Å². The van der Waals surface area contributed by atoms with Crippen LogP contribution in [0.3, 0.4) is 0 Å². The fourth-order valence-corrected chi connectivity index (χ4v) is 9.72. The van der Waals surface area contributed by atoms with Crippen LogP contribution in [0.15, 0.2) is 27.4 Å². The molecule has 1 unspecified atom stereocenters. The number of carboxylic acids is 1. The molecule has 0 spiro atoms. The molecule has 4 aromatic heterocycles. The standard InChI is InChI=1S/C39H50N10O7S/c1-22(2)31(35(51)49-21-24(50)17-27(49)36(52)53)28-18-30(45-55-28)54-16-6-5-13-47-14-8-15-48(23(3)20-47)38-42-12-10-26(43-38)34-44-37(56-46-34)39(4)11-7-9-29-32(39)25(19-40)33(41)57-29/h10,12,18,22-24,27,31,50H,5-9,11,13-17,20-21,41H2,1-4H3,(H,52,53)/t23-,24+,27-,31?,39-/m0/s1. The van der Waals surface area contributed by atoms with Crippen molar-refractivity contribution in [2.45, 2.75) is 102 Å². The number of carbonyl (C=O) groups excluding carboxylic acids is 1. The van der Waals surface area contributed by atoms with Crippen LogP contribution in [0.25, 0.3) is 11.5 Å². The molecular weight excluding hydrogens is 753 g/mol. The molecule has 0 saturated carbocycles. The van der Waals surface area contributed by atoms with Crippen LogP contribution in [-0.2, 0) is 21.4 Å². The SMILES string of the molecule is CC(C)C(C(=O)N1C[C@H](O)C[C@H]1C(=O)O)c1cc(OCCCCN2CCCN(c3nccc(-c4noc([C@@]5(C)CCCc6sc(N)c(C#N)c65)n4)n3)[C@@H](C)C2)no1. The van der Waals surface area contributed by atoms with Crippen molar-refractivity contribution in [2.24, 2.45) is 5.92 Å². The first-order chi connectivity index (χ1) is 27.4. The van der Waals surface area contributed by atoms with Crippen molar-refractivity contribution in [3.63, 3.8) is 0 Å². The second kappa shape index (κ2) is 16.8. The third kappa shape index (κ3) is 8.18. The van der Waals surface area contributed by atoms with Gasteiger partial charge < -0.3 is 44.4 Å². The van der Waals surface area contributed by atoms with Crippen molar-refractivity contribution in [1.82, 2.24) is 35.1 Å². The van der Waals surface area contributed by atoms with Crippen molar-refractivity contribution < 1.29 is 33.6 Å². The molecule has 0 bridgehead atoms. The lowest BCUT2D eigenvalue weighted by atomic mass is 9.72. The minimum absolute atomic E-state index is 0.00142. The summed E-state index contributed by atoms with van der Waals surface area (Å²) in [6.07, 6.45) is 6.04. The molecule has 6 heterocycles. The molecule has 17 nitrogen and oxygen atoms in total. The predicted molar refractivity (Wildman–Crippen MR) is 209 cm³/mol. The predicted octanol–water partition coefficient (Wildman–Crippen LogP) is 4.22. The van der Waals surface area contributed by atoms with E-state index in [0.29, 0.717) is 46.3 Å². The second-order valence-electron chi connectivity index (χ2n) is 15.9. The Balaban J connectivity index is 0.911. The Labute approximate surface area is 334 Å². The van der Waals surface area contributed by atoms with E-state index in [9.17, 15) is 25.1 Å². The van der Waals surface area contributed by atoms with Crippen LogP contribution < -0.4 is 15.4 Å². The molecule has 4 aromatic rings. The molecule has 2 saturated heterocycles. The zero-order chi connectivity index (χ0) is 40.4. The van der Waals surface area contributed by atoms with Gasteiger partial charge in [0.2, 0.25) is 23.6 Å². The zero-order valence-electron chi connectivity index (χ0n) is 32.8. The van der Waals surface area contributed by atoms with Crippen molar-refractivity contribution in [2.75, 3.05) is 50.0 Å². The molecule has 2 aliphatic heterocycles. The highest BCUT2D eigenvalue weighted by atomic mass is 32.1. The van der Waals surface area contributed by atoms with Crippen molar-refractivity contribution in [3.8, 4) is 23.5 Å². The smallest absolute Gasteiger partial charge is 0.326 e. The number of anilines is 2. The number of aryl methyl sites for hydroxylation is 1. The Morgan fingerprint density at radius 1 is 1.18 bits per heavy atom. The van der Waals surface area contributed by atoms with E-state index in [0.717, 1.165) is 75.1 Å². The Morgan fingerprint density at radius 3 is 2.77 bits per heavy atom. The Bertz CT molecular complexity index is 2110. The molecular formula is C39H50N10O7S. The third-order valence-electron chi connectivity index (χ3n) is 11.4. The number of nitriles is 1. The molecule has 7 rings (SSSR count). The number of hydrogen-bond acceptors (Lipinski definition) is 16. The molecule has 304 valence electrons. The van der Waals surface area contributed by atoms with Gasteiger partial charge in [-0.05, 0) is 82.6 Å². The van der Waals surface area contributed by atoms with E-state index < -0.39 is 35.4 Å². The maximum atomic E-state index is 13.4. The van der Waals surface area contributed by atoms with Gasteiger partial charge in [-0.1, -0.05) is 19.0 Å². The fourth-order valence-electron chi connectivity index (χ4n) is 8.53. The maximum absolute atomic E-state index is 13.4. The number of rotatable bonds is 13. The molecule has 2 fully saturated rings. The van der Waals surface area contributed by atoms with Crippen molar-refractivity contribution in [1.29, 1.82) is 5.26 Å². The number of nitrogens with zero attached hydrogens (tertiary/aromatic N) is 9. The van der Waals surface area contributed by atoms with Crippen LogP contribution in [0.4, 0.5) is 10.9 Å². The number of carbonyl (C=O) groups is 2. The first kappa shape index (κ1) is 40.1. The zero-order valence-corrected chi connectivity index (χ0v) is 33.6. The summed E-state index contributed by atoms with van der Waals surface area (Å²) in [5, 5.41) is 38.4. The van der Waals surface area contributed by atoms with E-state index in [1.807, 2.05) is 20.8 Å². The van der Waals surface area contributed by atoms with Crippen LogP contribution in [0.2, 0.25) is 0 Å². The molecule has 0 aromatic carbocycles. The number of aliphatic carboxylic acids is 1. The topological polar surface area (TPSA) is 234 Å². The summed E-state index contributed by atoms with van der Waals surface area (Å²) in [5.41, 5.74) is 7.58. The maximum Gasteiger partial charge on any atom is 0.326 e. The molecule has 4 N–H and O–H groups in total. The van der Waals surface area contributed by atoms with Gasteiger partial charge >= 0.3 is 5.97 Å². The van der Waals surface area contributed by atoms with Crippen molar-refractivity contribution in [3.05, 3.63) is 46.0 Å². The molecule has 57 heavy (non-hydrogen) atoms. The van der Waals surface area contributed by atoms with Gasteiger partial charge in [-0.15, -0.1) is 11.3 Å². The Kier molecular flexibility index (Phi) is 11.8. The summed E-state index contributed by atoms with van der Waals surface area (Å²) in [6, 6.07) is 4.75. The molecule has 1 amide bonds. The van der Waals surface area contributed by atoms with Gasteiger partial charge in [0.15, 0.2) is 5.76 Å². The number of carboxylic acid groups (broad SMARTS) is 1. The average molecular weight is 803 g/mol. The molecule has 5 atom stereocenters. The van der Waals surface area contributed by atoms with Crippen LogP contribution >= 0.6 is 11.3 Å². The lowest BCUT2D eigenvalue weighted by Crippen LogP contribution is -2.44. The number of fused-ring (bicyclic) bond motifs is 1. The number of aromatic nitrogens is 5. The van der Waals surface area contributed by atoms with Gasteiger partial charge in [-0.3, -0.25) is 4.79 Å². The summed E-state index contributed by atoms with van der Waals surface area (Å²) >= 11 is 1.47. The summed E-state index contributed by atoms with van der Waals surface area (Å²) in [6.45, 7) is 11.8. The number of likely N-dealkylation sites (tertiary alicyclic amines) is 1. The number of aliphatic hydroxyl groups excluding tert-OH is 1. The van der Waals surface area contributed by atoms with E-state index >= 15 is 0 Å². The van der Waals surface area contributed by atoms with E-state index in [1.54, 1.807) is 18.3 Å². The summed E-state index contributed by atoms with van der Waals surface area (Å²) in [4.78, 5) is 46.5. The van der Waals surface area contributed by atoms with Gasteiger partial charge in [0.05, 0.1) is 23.7 Å². The molecule has 1 aliphatic carbocycles. The minimum atomic E-state index is -1.14. The second-order valence-corrected chi connectivity index (χ2v) is 17.0. The average Bonchev–Trinajstić information content (AvgIpc) is 3.98.